The Hall–Kier alpha value is -1.76. The van der Waals surface area contributed by atoms with Gasteiger partial charge < -0.3 is 4.74 Å². The van der Waals surface area contributed by atoms with Crippen molar-refractivity contribution in [3.63, 3.8) is 0 Å². The van der Waals surface area contributed by atoms with Gasteiger partial charge in [0, 0.05) is 0 Å². The zero-order valence-electron chi connectivity index (χ0n) is 12.6. The summed E-state index contributed by atoms with van der Waals surface area (Å²) in [7, 11) is -4.65. The maximum Gasteiger partial charge on any atom is 0.341 e. The monoisotopic (exact) mass is 344 g/mol. The average molecular weight is 344 g/mol. The second-order valence-electron chi connectivity index (χ2n) is 5.61. The van der Waals surface area contributed by atoms with Crippen LogP contribution in [-0.4, -0.2) is 26.8 Å². The minimum Gasteiger partial charge on any atom is -0.462 e. The molecule has 1 aliphatic rings. The molecule has 0 fully saturated rings. The van der Waals surface area contributed by atoms with E-state index in [1.54, 1.807) is 0 Å². The number of halogens is 2. The largest absolute Gasteiger partial charge is 0.462 e. The first-order valence-electron chi connectivity index (χ1n) is 7.26. The molecule has 126 valence electrons. The molecule has 0 amide bonds. The summed E-state index contributed by atoms with van der Waals surface area (Å²) >= 11 is 0. The van der Waals surface area contributed by atoms with Crippen LogP contribution in [0.1, 0.15) is 30.1 Å². The van der Waals surface area contributed by atoms with Gasteiger partial charge in [0.25, 0.3) is 0 Å². The Kier molecular flexibility index (Phi) is 5.51. The Morgan fingerprint density at radius 1 is 1.22 bits per heavy atom. The van der Waals surface area contributed by atoms with Gasteiger partial charge in [-0.25, -0.2) is 13.2 Å². The number of allylic oxidation sites excluding steroid dienone is 2. The van der Waals surface area contributed by atoms with Gasteiger partial charge in [-0.1, -0.05) is 19.1 Å². The molecule has 0 heterocycles. The summed E-state index contributed by atoms with van der Waals surface area (Å²) in [5, 5.41) is 0. The number of benzene rings is 1. The Bertz CT molecular complexity index is 681. The highest BCUT2D eigenvalue weighted by atomic mass is 32.2. The van der Waals surface area contributed by atoms with Gasteiger partial charge in [0.2, 0.25) is 9.84 Å². The lowest BCUT2D eigenvalue weighted by atomic mass is 9.85. The minimum atomic E-state index is -4.65. The summed E-state index contributed by atoms with van der Waals surface area (Å²) in [6.07, 6.45) is 5.95. The van der Waals surface area contributed by atoms with E-state index in [4.69, 9.17) is 4.74 Å². The van der Waals surface area contributed by atoms with Crippen LogP contribution in [0.4, 0.5) is 8.78 Å². The zero-order valence-corrected chi connectivity index (χ0v) is 13.4. The van der Waals surface area contributed by atoms with E-state index in [2.05, 4.69) is 19.1 Å². The number of esters is 1. The van der Waals surface area contributed by atoms with Gasteiger partial charge in [0.15, 0.2) is 0 Å². The molecule has 0 bridgehead atoms. The number of alkyl halides is 2. The van der Waals surface area contributed by atoms with E-state index in [9.17, 15) is 22.0 Å². The minimum absolute atomic E-state index is 0.136. The van der Waals surface area contributed by atoms with Gasteiger partial charge in [0.1, 0.15) is 0 Å². The highest BCUT2D eigenvalue weighted by Crippen LogP contribution is 2.25. The molecule has 2 unspecified atom stereocenters. The molecule has 4 nitrogen and oxygen atoms in total. The Morgan fingerprint density at radius 2 is 1.83 bits per heavy atom. The molecule has 2 rings (SSSR count). The van der Waals surface area contributed by atoms with Gasteiger partial charge in [0.05, 0.1) is 17.1 Å². The molecule has 0 saturated heterocycles. The number of rotatable bonds is 5. The van der Waals surface area contributed by atoms with E-state index >= 15 is 0 Å². The highest BCUT2D eigenvalue weighted by molar-refractivity contribution is 7.91. The molecule has 0 saturated carbocycles. The molecule has 23 heavy (non-hydrogen) atoms. The number of carbonyl (C=O) groups excluding carboxylic acids is 1. The predicted molar refractivity (Wildman–Crippen MR) is 80.9 cm³/mol. The van der Waals surface area contributed by atoms with Crippen molar-refractivity contribution in [3.8, 4) is 0 Å². The molecule has 2 atom stereocenters. The number of carbonyl (C=O) groups is 1. The van der Waals surface area contributed by atoms with Crippen molar-refractivity contribution in [3.05, 3.63) is 42.0 Å². The Morgan fingerprint density at radius 3 is 2.39 bits per heavy atom. The first kappa shape index (κ1) is 17.6. The van der Waals surface area contributed by atoms with Crippen LogP contribution < -0.4 is 0 Å². The summed E-state index contributed by atoms with van der Waals surface area (Å²) < 4.78 is 52.7. The number of sulfone groups is 1. The fourth-order valence-corrected chi connectivity index (χ4v) is 3.11. The summed E-state index contributed by atoms with van der Waals surface area (Å²) in [6.45, 7) is 2.37. The SMILES string of the molecule is CC1CC=CCC1COC(=O)c1ccc(S(=O)(=O)C(F)F)cc1. The molecule has 1 aromatic carbocycles. The van der Waals surface area contributed by atoms with Crippen LogP contribution in [0.2, 0.25) is 0 Å². The van der Waals surface area contributed by atoms with Crippen LogP contribution in [0.15, 0.2) is 41.3 Å². The van der Waals surface area contributed by atoms with E-state index in [1.165, 1.54) is 12.1 Å². The maximum absolute atomic E-state index is 12.4. The van der Waals surface area contributed by atoms with Crippen molar-refractivity contribution >= 4 is 15.8 Å². The van der Waals surface area contributed by atoms with E-state index in [0.717, 1.165) is 25.0 Å². The summed E-state index contributed by atoms with van der Waals surface area (Å²) in [5.74, 6) is -3.40. The van der Waals surface area contributed by atoms with Gasteiger partial charge >= 0.3 is 11.7 Å². The topological polar surface area (TPSA) is 60.4 Å². The van der Waals surface area contributed by atoms with Crippen molar-refractivity contribution < 1.29 is 26.7 Å². The standard InChI is InChI=1S/C16H18F2O4S/c1-11-4-2-3-5-13(11)10-22-15(19)12-6-8-14(9-7-12)23(20,21)16(17)18/h2-3,6-9,11,13,16H,4-5,10H2,1H3. The molecule has 0 spiro atoms. The molecule has 0 radical (unpaired) electrons. The van der Waals surface area contributed by atoms with Crippen molar-refractivity contribution in [2.45, 2.75) is 30.4 Å². The van der Waals surface area contributed by atoms with Crippen molar-refractivity contribution in [2.24, 2.45) is 11.8 Å². The Balaban J connectivity index is 1.99. The summed E-state index contributed by atoms with van der Waals surface area (Å²) in [5.41, 5.74) is 0.136. The van der Waals surface area contributed by atoms with Crippen molar-refractivity contribution in [1.82, 2.24) is 0 Å². The van der Waals surface area contributed by atoms with E-state index < -0.39 is 26.5 Å². The molecule has 0 N–H and O–H groups in total. The first-order valence-corrected chi connectivity index (χ1v) is 8.81. The maximum atomic E-state index is 12.4. The lowest BCUT2D eigenvalue weighted by Gasteiger charge is -2.24. The van der Waals surface area contributed by atoms with Crippen molar-refractivity contribution in [1.29, 1.82) is 0 Å². The van der Waals surface area contributed by atoms with Gasteiger partial charge in [-0.15, -0.1) is 0 Å². The highest BCUT2D eigenvalue weighted by Gasteiger charge is 2.26. The second-order valence-corrected chi connectivity index (χ2v) is 7.53. The molecule has 0 aromatic heterocycles. The number of ether oxygens (including phenoxy) is 1. The lowest BCUT2D eigenvalue weighted by Crippen LogP contribution is -2.21. The van der Waals surface area contributed by atoms with Crippen LogP contribution >= 0.6 is 0 Å². The smallest absolute Gasteiger partial charge is 0.341 e. The molecular formula is C16H18F2O4S. The summed E-state index contributed by atoms with van der Waals surface area (Å²) in [6, 6.07) is 4.34. The van der Waals surface area contributed by atoms with Crippen LogP contribution in [0.5, 0.6) is 0 Å². The van der Waals surface area contributed by atoms with Crippen LogP contribution in [0.25, 0.3) is 0 Å². The lowest BCUT2D eigenvalue weighted by molar-refractivity contribution is 0.0395. The predicted octanol–water partition coefficient (Wildman–Crippen LogP) is 3.44. The summed E-state index contributed by atoms with van der Waals surface area (Å²) in [4.78, 5) is 11.4. The number of hydrogen-bond acceptors (Lipinski definition) is 4. The van der Waals surface area contributed by atoms with Gasteiger partial charge in [-0.2, -0.15) is 8.78 Å². The third kappa shape index (κ3) is 4.16. The molecule has 1 aromatic rings. The third-order valence-corrected chi connectivity index (χ3v) is 5.40. The first-order chi connectivity index (χ1) is 10.8. The van der Waals surface area contributed by atoms with E-state index in [-0.39, 0.29) is 18.1 Å². The molecule has 1 aliphatic carbocycles. The van der Waals surface area contributed by atoms with Crippen molar-refractivity contribution in [2.75, 3.05) is 6.61 Å². The van der Waals surface area contributed by atoms with E-state index in [1.807, 2.05) is 0 Å². The van der Waals surface area contributed by atoms with Crippen LogP contribution in [0.3, 0.4) is 0 Å². The normalized spacial score (nSPS) is 21.4. The third-order valence-electron chi connectivity index (χ3n) is 4.00. The van der Waals surface area contributed by atoms with Crippen LogP contribution in [0, 0.1) is 11.8 Å². The zero-order chi connectivity index (χ0) is 17.0. The fraction of sp³-hybridized carbons (Fsp3) is 0.438. The Labute approximate surface area is 134 Å². The molecule has 7 heteroatoms. The van der Waals surface area contributed by atoms with E-state index in [0.29, 0.717) is 5.92 Å². The average Bonchev–Trinajstić information content (AvgIpc) is 2.53. The van der Waals surface area contributed by atoms with Gasteiger partial charge in [-0.05, 0) is 48.9 Å². The molecular weight excluding hydrogens is 326 g/mol. The number of hydrogen-bond donors (Lipinski definition) is 0. The second kappa shape index (κ2) is 7.21. The van der Waals surface area contributed by atoms with Crippen LogP contribution in [-0.2, 0) is 14.6 Å². The fourth-order valence-electron chi connectivity index (χ4n) is 2.39. The molecule has 0 aliphatic heterocycles. The van der Waals surface area contributed by atoms with Gasteiger partial charge in [-0.3, -0.25) is 0 Å². The quantitative estimate of drug-likeness (QED) is 0.606.